The van der Waals surface area contributed by atoms with Gasteiger partial charge in [0.2, 0.25) is 0 Å². The van der Waals surface area contributed by atoms with Crippen molar-refractivity contribution >= 4 is 52.0 Å². The number of nitrogens with two attached hydrogens (primary N) is 1. The molecule has 2 heterocycles. The van der Waals surface area contributed by atoms with Crippen LogP contribution >= 0.6 is 24.4 Å². The minimum atomic E-state index is -0.834. The van der Waals surface area contributed by atoms with Gasteiger partial charge in [0.05, 0.1) is 35.5 Å². The number of anilines is 2. The summed E-state index contributed by atoms with van der Waals surface area (Å²) < 4.78 is 20.2. The van der Waals surface area contributed by atoms with Crippen molar-refractivity contribution in [3.8, 4) is 6.07 Å². The highest BCUT2D eigenvalue weighted by Crippen LogP contribution is 2.31. The molecule has 0 saturated carbocycles. The number of ether oxygens (including phenoxy) is 1. The van der Waals surface area contributed by atoms with Crippen LogP contribution in [-0.4, -0.2) is 54.0 Å². The van der Waals surface area contributed by atoms with Gasteiger partial charge in [0, 0.05) is 13.1 Å². The third-order valence-corrected chi connectivity index (χ3v) is 5.54. The number of benzene rings is 1. The molecule has 9 nitrogen and oxygen atoms in total. The molecule has 1 amide bonds. The molecule has 31 heavy (non-hydrogen) atoms. The van der Waals surface area contributed by atoms with Gasteiger partial charge in [-0.1, -0.05) is 12.2 Å². The van der Waals surface area contributed by atoms with Crippen molar-refractivity contribution in [1.82, 2.24) is 16.2 Å². The Bertz CT molecular complexity index is 915. The highest BCUT2D eigenvalue weighted by molar-refractivity contribution is 7.80. The van der Waals surface area contributed by atoms with Crippen LogP contribution in [0.4, 0.5) is 20.6 Å². The number of thiocarbonyl (C=S) groups is 2. The highest BCUT2D eigenvalue weighted by atomic mass is 32.1. The van der Waals surface area contributed by atoms with E-state index in [9.17, 15) is 14.4 Å². The molecular formula is C19H24FN7O2S2. The molecule has 2 fully saturated rings. The number of hydrogen-bond donors (Lipinski definition) is 4. The summed E-state index contributed by atoms with van der Waals surface area (Å²) in [6.45, 7) is 3.39. The van der Waals surface area contributed by atoms with E-state index in [-0.39, 0.29) is 11.2 Å². The second-order valence-electron chi connectivity index (χ2n) is 7.48. The van der Waals surface area contributed by atoms with Crippen LogP contribution < -0.4 is 31.7 Å². The number of hydrazine groups is 1. The first-order valence-corrected chi connectivity index (χ1v) is 10.6. The van der Waals surface area contributed by atoms with Crippen LogP contribution in [0.1, 0.15) is 19.8 Å². The zero-order chi connectivity index (χ0) is 22.6. The second-order valence-corrected chi connectivity index (χ2v) is 8.54. The number of nitrogens with zero attached hydrogens (tertiary/aromatic N) is 3. The minimum Gasteiger partial charge on any atom is -0.442 e. The fourth-order valence-corrected chi connectivity index (χ4v) is 3.73. The quantitative estimate of drug-likeness (QED) is 0.361. The third kappa shape index (κ3) is 5.49. The van der Waals surface area contributed by atoms with E-state index >= 15 is 0 Å². The lowest BCUT2D eigenvalue weighted by Crippen LogP contribution is -2.59. The van der Waals surface area contributed by atoms with Gasteiger partial charge < -0.3 is 20.7 Å². The Labute approximate surface area is 190 Å². The maximum Gasteiger partial charge on any atom is 0.414 e. The highest BCUT2D eigenvalue weighted by Gasteiger charge is 2.36. The topological polar surface area (TPSA) is 119 Å². The van der Waals surface area contributed by atoms with Crippen molar-refractivity contribution in [2.24, 2.45) is 5.73 Å². The molecule has 2 aliphatic rings. The Morgan fingerprint density at radius 3 is 2.71 bits per heavy atom. The largest absolute Gasteiger partial charge is 0.442 e. The normalized spacial score (nSPS) is 20.0. The summed E-state index contributed by atoms with van der Waals surface area (Å²) in [7, 11) is 0. The van der Waals surface area contributed by atoms with Crippen LogP contribution in [0.15, 0.2) is 18.2 Å². The Morgan fingerprint density at radius 1 is 1.42 bits per heavy atom. The molecule has 12 heteroatoms. The molecular weight excluding hydrogens is 441 g/mol. The van der Waals surface area contributed by atoms with Gasteiger partial charge in [0.1, 0.15) is 17.5 Å². The van der Waals surface area contributed by atoms with Crippen LogP contribution in [0.25, 0.3) is 0 Å². The molecule has 5 N–H and O–H groups in total. The number of hydrogen-bond acceptors (Lipinski definition) is 7. The molecule has 0 aromatic heterocycles. The molecule has 166 valence electrons. The zero-order valence-corrected chi connectivity index (χ0v) is 18.6. The third-order valence-electron chi connectivity index (χ3n) is 5.29. The first kappa shape index (κ1) is 22.9. The van der Waals surface area contributed by atoms with E-state index in [0.717, 1.165) is 0 Å². The van der Waals surface area contributed by atoms with Gasteiger partial charge in [-0.05, 0) is 50.2 Å². The number of cyclic esters (lactones) is 1. The fraction of sp³-hybridized carbons (Fsp3) is 0.474. The van der Waals surface area contributed by atoms with Crippen LogP contribution in [0.3, 0.4) is 0 Å². The Kier molecular flexibility index (Phi) is 7.09. The lowest BCUT2D eigenvalue weighted by molar-refractivity contribution is 0.143. The van der Waals surface area contributed by atoms with Crippen molar-refractivity contribution in [2.45, 2.75) is 31.4 Å². The van der Waals surface area contributed by atoms with Gasteiger partial charge in [-0.2, -0.15) is 5.26 Å². The van der Waals surface area contributed by atoms with Crippen molar-refractivity contribution in [3.05, 3.63) is 24.0 Å². The molecule has 3 rings (SSSR count). The van der Waals surface area contributed by atoms with Crippen LogP contribution in [0.2, 0.25) is 0 Å². The Hall–Kier alpha value is -2.75. The van der Waals surface area contributed by atoms with E-state index in [2.05, 4.69) is 22.2 Å². The average Bonchev–Trinajstić information content (AvgIpc) is 3.12. The number of carbonyl (C=O) groups excluding carboxylic acids is 1. The summed E-state index contributed by atoms with van der Waals surface area (Å²) >= 11 is 9.73. The Balaban J connectivity index is 1.64. The predicted octanol–water partition coefficient (Wildman–Crippen LogP) is 1.29. The molecule has 0 spiro atoms. The van der Waals surface area contributed by atoms with Gasteiger partial charge in [-0.3, -0.25) is 10.3 Å². The maximum absolute atomic E-state index is 14.9. The van der Waals surface area contributed by atoms with Crippen molar-refractivity contribution < 1.29 is 13.9 Å². The molecule has 1 aromatic carbocycles. The van der Waals surface area contributed by atoms with E-state index in [4.69, 9.17) is 34.9 Å². The van der Waals surface area contributed by atoms with Gasteiger partial charge in [0.15, 0.2) is 5.11 Å². The molecule has 1 aromatic rings. The molecule has 0 unspecified atom stereocenters. The van der Waals surface area contributed by atoms with Gasteiger partial charge in [-0.25, -0.2) is 14.6 Å². The molecule has 0 radical (unpaired) electrons. The molecule has 0 bridgehead atoms. The van der Waals surface area contributed by atoms with Gasteiger partial charge >= 0.3 is 6.09 Å². The fourth-order valence-electron chi connectivity index (χ4n) is 3.59. The van der Waals surface area contributed by atoms with Crippen molar-refractivity contribution in [3.63, 3.8) is 0 Å². The number of amides is 1. The van der Waals surface area contributed by atoms with E-state index < -0.39 is 17.4 Å². The smallest absolute Gasteiger partial charge is 0.414 e. The van der Waals surface area contributed by atoms with E-state index in [0.29, 0.717) is 55.4 Å². The summed E-state index contributed by atoms with van der Waals surface area (Å²) in [4.78, 5) is 16.1. The number of rotatable bonds is 6. The summed E-state index contributed by atoms with van der Waals surface area (Å²) in [6.07, 6.45) is 0.0189. The number of nitrogens with one attached hydrogen (secondary N) is 3. The number of halogens is 1. The van der Waals surface area contributed by atoms with Crippen LogP contribution in [0.5, 0.6) is 0 Å². The minimum absolute atomic E-state index is 0.0505. The van der Waals surface area contributed by atoms with Crippen molar-refractivity contribution in [1.29, 1.82) is 5.26 Å². The standard InChI is InChI=1S/C19H24FN7O2S2/c1-12(30)23-9-14-10-27(18(28)29-14)13-2-3-16(15(20)8-13)26-6-4-19(11-21,5-7-26)25-24-17(22)31/h2-3,8,14,25H,4-7,9-10H2,1H3,(H,23,30)(H3,22,24,31)/t14-/m0/s1. The number of nitriles is 1. The first-order valence-electron chi connectivity index (χ1n) is 9.74. The van der Waals surface area contributed by atoms with E-state index in [1.54, 1.807) is 19.1 Å². The summed E-state index contributed by atoms with van der Waals surface area (Å²) in [5, 5.41) is 12.6. The first-order chi connectivity index (χ1) is 14.7. The molecule has 0 aliphatic carbocycles. The van der Waals surface area contributed by atoms with E-state index in [1.165, 1.54) is 11.0 Å². The van der Waals surface area contributed by atoms with Crippen LogP contribution in [-0.2, 0) is 4.74 Å². The average molecular weight is 466 g/mol. The monoisotopic (exact) mass is 465 g/mol. The van der Waals surface area contributed by atoms with E-state index in [1.807, 2.05) is 4.90 Å². The summed E-state index contributed by atoms with van der Waals surface area (Å²) in [5.41, 5.74) is 10.9. The lowest BCUT2D eigenvalue weighted by Gasteiger charge is -2.39. The summed E-state index contributed by atoms with van der Waals surface area (Å²) in [6, 6.07) is 6.92. The number of carbonyl (C=O) groups is 1. The second kappa shape index (κ2) is 9.59. The predicted molar refractivity (Wildman–Crippen MR) is 123 cm³/mol. The Morgan fingerprint density at radius 2 is 2.13 bits per heavy atom. The number of piperidine rings is 1. The van der Waals surface area contributed by atoms with Gasteiger partial charge in [0.25, 0.3) is 0 Å². The molecule has 1 atom stereocenters. The van der Waals surface area contributed by atoms with Crippen molar-refractivity contribution in [2.75, 3.05) is 36.0 Å². The zero-order valence-electron chi connectivity index (χ0n) is 17.0. The molecule has 2 aliphatic heterocycles. The van der Waals surface area contributed by atoms with Crippen LogP contribution in [0, 0.1) is 17.1 Å². The van der Waals surface area contributed by atoms with Gasteiger partial charge in [-0.15, -0.1) is 0 Å². The molecule has 2 saturated heterocycles. The SMILES string of the molecule is CC(=S)NC[C@H]1CN(c2ccc(N3CCC(C#N)(NNC(N)=S)CC3)c(F)c2)C(=O)O1. The lowest BCUT2D eigenvalue weighted by atomic mass is 9.89. The maximum atomic E-state index is 14.9. The summed E-state index contributed by atoms with van der Waals surface area (Å²) in [5.74, 6) is -0.444.